The predicted octanol–water partition coefficient (Wildman–Crippen LogP) is 3.80. The summed E-state index contributed by atoms with van der Waals surface area (Å²) in [5, 5.41) is 8.33. The molecule has 0 fully saturated rings. The number of anilines is 2. The Bertz CT molecular complexity index is 822. The van der Waals surface area contributed by atoms with E-state index in [1.807, 2.05) is 39.0 Å². The number of urea groups is 1. The van der Waals surface area contributed by atoms with Crippen LogP contribution in [0.4, 0.5) is 16.2 Å². The van der Waals surface area contributed by atoms with Gasteiger partial charge in [0.2, 0.25) is 5.91 Å². The van der Waals surface area contributed by atoms with Gasteiger partial charge in [0.05, 0.1) is 14.2 Å². The van der Waals surface area contributed by atoms with Gasteiger partial charge < -0.3 is 25.4 Å². The van der Waals surface area contributed by atoms with Gasteiger partial charge in [-0.2, -0.15) is 0 Å². The number of carbonyl (C=O) groups excluding carboxylic acids is 2. The Kier molecular flexibility index (Phi) is 7.26. The van der Waals surface area contributed by atoms with Crippen molar-refractivity contribution in [1.82, 2.24) is 5.32 Å². The molecule has 7 heteroatoms. The van der Waals surface area contributed by atoms with Gasteiger partial charge in [0.1, 0.15) is 6.04 Å². The summed E-state index contributed by atoms with van der Waals surface area (Å²) in [6.07, 6.45) is 0. The first-order chi connectivity index (χ1) is 13.3. The van der Waals surface area contributed by atoms with Crippen LogP contribution in [0.2, 0.25) is 0 Å². The lowest BCUT2D eigenvalue weighted by Crippen LogP contribution is -2.48. The van der Waals surface area contributed by atoms with Crippen molar-refractivity contribution in [2.24, 2.45) is 5.92 Å². The number of ether oxygens (including phenoxy) is 2. The van der Waals surface area contributed by atoms with Gasteiger partial charge in [-0.05, 0) is 36.6 Å². The molecule has 0 radical (unpaired) electrons. The fraction of sp³-hybridized carbons (Fsp3) is 0.333. The van der Waals surface area contributed by atoms with Gasteiger partial charge in [0, 0.05) is 17.4 Å². The Labute approximate surface area is 165 Å². The van der Waals surface area contributed by atoms with E-state index in [4.69, 9.17) is 9.47 Å². The van der Waals surface area contributed by atoms with Crippen LogP contribution < -0.4 is 25.4 Å². The van der Waals surface area contributed by atoms with Crippen molar-refractivity contribution >= 4 is 23.3 Å². The molecular formula is C21H27N3O4. The molecule has 1 atom stereocenters. The quantitative estimate of drug-likeness (QED) is 0.676. The molecule has 0 unspecified atom stereocenters. The standard InChI is InChI=1S/C21H27N3O4/c1-13(2)19(24-21(26)22-15-9-7-6-8-10-15)20(25)23-16-12-18(28-5)17(27-4)11-14(16)3/h6-13,19H,1-5H3,(H,23,25)(H2,22,24,26)/t19-/m0/s1. The Morgan fingerprint density at radius 2 is 1.54 bits per heavy atom. The molecule has 150 valence electrons. The van der Waals surface area contributed by atoms with Gasteiger partial charge in [-0.1, -0.05) is 32.0 Å². The van der Waals surface area contributed by atoms with Crippen molar-refractivity contribution in [2.45, 2.75) is 26.8 Å². The van der Waals surface area contributed by atoms with E-state index in [1.165, 1.54) is 7.11 Å². The zero-order valence-electron chi connectivity index (χ0n) is 16.8. The number of nitrogens with one attached hydrogen (secondary N) is 3. The summed E-state index contributed by atoms with van der Waals surface area (Å²) < 4.78 is 10.6. The van der Waals surface area contributed by atoms with Crippen molar-refractivity contribution in [3.63, 3.8) is 0 Å². The highest BCUT2D eigenvalue weighted by Gasteiger charge is 2.25. The van der Waals surface area contributed by atoms with Gasteiger partial charge in [-0.3, -0.25) is 4.79 Å². The van der Waals surface area contributed by atoms with Gasteiger partial charge in [0.15, 0.2) is 11.5 Å². The maximum Gasteiger partial charge on any atom is 0.319 e. The van der Waals surface area contributed by atoms with E-state index in [1.54, 1.807) is 31.4 Å². The summed E-state index contributed by atoms with van der Waals surface area (Å²) >= 11 is 0. The predicted molar refractivity (Wildman–Crippen MR) is 110 cm³/mol. The maximum absolute atomic E-state index is 12.8. The second-order valence-corrected chi connectivity index (χ2v) is 6.70. The van der Waals surface area contributed by atoms with E-state index in [2.05, 4.69) is 16.0 Å². The second kappa shape index (κ2) is 9.64. The molecule has 2 aromatic carbocycles. The van der Waals surface area contributed by atoms with Crippen molar-refractivity contribution in [2.75, 3.05) is 24.9 Å². The molecule has 0 aliphatic carbocycles. The zero-order chi connectivity index (χ0) is 20.7. The number of methoxy groups -OCH3 is 2. The highest BCUT2D eigenvalue weighted by Crippen LogP contribution is 2.33. The first-order valence-electron chi connectivity index (χ1n) is 9.01. The van der Waals surface area contributed by atoms with Crippen molar-refractivity contribution < 1.29 is 19.1 Å². The molecule has 2 aromatic rings. The third kappa shape index (κ3) is 5.39. The fourth-order valence-electron chi connectivity index (χ4n) is 2.69. The summed E-state index contributed by atoms with van der Waals surface area (Å²) in [6, 6.07) is 11.4. The lowest BCUT2D eigenvalue weighted by molar-refractivity contribution is -0.118. The SMILES string of the molecule is COc1cc(C)c(NC(=O)[C@@H](NC(=O)Nc2ccccc2)C(C)C)cc1OC. The van der Waals surface area contributed by atoms with Crippen molar-refractivity contribution in [3.8, 4) is 11.5 Å². The smallest absolute Gasteiger partial charge is 0.319 e. The molecule has 0 saturated heterocycles. The number of benzene rings is 2. The molecule has 0 aliphatic heterocycles. The maximum atomic E-state index is 12.8. The molecular weight excluding hydrogens is 358 g/mol. The van der Waals surface area contributed by atoms with Crippen molar-refractivity contribution in [3.05, 3.63) is 48.0 Å². The van der Waals surface area contributed by atoms with Crippen LogP contribution in [0, 0.1) is 12.8 Å². The summed E-state index contributed by atoms with van der Waals surface area (Å²) in [5.74, 6) is 0.675. The van der Waals surface area contributed by atoms with Crippen LogP contribution in [-0.4, -0.2) is 32.2 Å². The van der Waals surface area contributed by atoms with Crippen LogP contribution in [0.3, 0.4) is 0 Å². The highest BCUT2D eigenvalue weighted by atomic mass is 16.5. The molecule has 0 aliphatic rings. The molecule has 0 heterocycles. The minimum atomic E-state index is -0.712. The first-order valence-corrected chi connectivity index (χ1v) is 9.01. The lowest BCUT2D eigenvalue weighted by Gasteiger charge is -2.23. The van der Waals surface area contributed by atoms with E-state index in [0.717, 1.165) is 5.56 Å². The summed E-state index contributed by atoms with van der Waals surface area (Å²) in [7, 11) is 3.09. The molecule has 2 rings (SSSR count). The molecule has 7 nitrogen and oxygen atoms in total. The zero-order valence-corrected chi connectivity index (χ0v) is 16.8. The third-order valence-corrected chi connectivity index (χ3v) is 4.26. The van der Waals surface area contributed by atoms with Crippen LogP contribution in [0.25, 0.3) is 0 Å². The Morgan fingerprint density at radius 3 is 2.11 bits per heavy atom. The summed E-state index contributed by atoms with van der Waals surface area (Å²) in [4.78, 5) is 25.1. The normalized spacial score (nSPS) is 11.5. The lowest BCUT2D eigenvalue weighted by atomic mass is 10.0. The van der Waals surface area contributed by atoms with E-state index in [-0.39, 0.29) is 11.8 Å². The van der Waals surface area contributed by atoms with E-state index >= 15 is 0 Å². The minimum Gasteiger partial charge on any atom is -0.493 e. The van der Waals surface area contributed by atoms with Crippen molar-refractivity contribution in [1.29, 1.82) is 0 Å². The van der Waals surface area contributed by atoms with Gasteiger partial charge in [-0.25, -0.2) is 4.79 Å². The Morgan fingerprint density at radius 1 is 0.929 bits per heavy atom. The largest absolute Gasteiger partial charge is 0.493 e. The molecule has 3 N–H and O–H groups in total. The first kappa shape index (κ1) is 21.1. The number of aryl methyl sites for hydroxylation is 1. The average molecular weight is 385 g/mol. The monoisotopic (exact) mass is 385 g/mol. The molecule has 0 saturated carbocycles. The fourth-order valence-corrected chi connectivity index (χ4v) is 2.69. The van der Waals surface area contributed by atoms with Crippen LogP contribution in [-0.2, 0) is 4.79 Å². The number of para-hydroxylation sites is 1. The van der Waals surface area contributed by atoms with E-state index < -0.39 is 12.1 Å². The average Bonchev–Trinajstić information content (AvgIpc) is 2.67. The van der Waals surface area contributed by atoms with Gasteiger partial charge in [-0.15, -0.1) is 0 Å². The van der Waals surface area contributed by atoms with Crippen LogP contribution >= 0.6 is 0 Å². The third-order valence-electron chi connectivity index (χ3n) is 4.26. The summed E-state index contributed by atoms with van der Waals surface area (Å²) in [5.41, 5.74) is 2.07. The van der Waals surface area contributed by atoms with Crippen LogP contribution in [0.5, 0.6) is 11.5 Å². The molecule has 3 amide bonds. The topological polar surface area (TPSA) is 88.7 Å². The molecule has 0 bridgehead atoms. The molecule has 0 aromatic heterocycles. The second-order valence-electron chi connectivity index (χ2n) is 6.70. The van der Waals surface area contributed by atoms with Gasteiger partial charge >= 0.3 is 6.03 Å². The summed E-state index contributed by atoms with van der Waals surface area (Å²) in [6.45, 7) is 5.60. The van der Waals surface area contributed by atoms with Gasteiger partial charge in [0.25, 0.3) is 0 Å². The van der Waals surface area contributed by atoms with Crippen LogP contribution in [0.1, 0.15) is 19.4 Å². The number of hydrogen-bond acceptors (Lipinski definition) is 4. The number of rotatable bonds is 7. The number of carbonyl (C=O) groups is 2. The molecule has 0 spiro atoms. The van der Waals surface area contributed by atoms with E-state index in [0.29, 0.717) is 22.9 Å². The molecule has 28 heavy (non-hydrogen) atoms. The Hall–Kier alpha value is -3.22. The van der Waals surface area contributed by atoms with E-state index in [9.17, 15) is 9.59 Å². The number of amides is 3. The highest BCUT2D eigenvalue weighted by molar-refractivity contribution is 6.00. The Balaban J connectivity index is 2.11. The van der Waals surface area contributed by atoms with Crippen LogP contribution in [0.15, 0.2) is 42.5 Å². The number of hydrogen-bond donors (Lipinski definition) is 3. The minimum absolute atomic E-state index is 0.109.